The van der Waals surface area contributed by atoms with Crippen LogP contribution in [-0.2, 0) is 6.54 Å². The van der Waals surface area contributed by atoms with Crippen molar-refractivity contribution in [3.63, 3.8) is 0 Å². The van der Waals surface area contributed by atoms with E-state index < -0.39 is 5.82 Å². The zero-order valence-electron chi connectivity index (χ0n) is 10.9. The highest BCUT2D eigenvalue weighted by atomic mass is 19.1. The van der Waals surface area contributed by atoms with Crippen LogP contribution in [-0.4, -0.2) is 28.8 Å². The zero-order valence-corrected chi connectivity index (χ0v) is 10.9. The second-order valence-corrected chi connectivity index (χ2v) is 4.43. The van der Waals surface area contributed by atoms with E-state index in [1.807, 2.05) is 6.92 Å². The summed E-state index contributed by atoms with van der Waals surface area (Å²) in [7, 11) is 0. The standard InChI is InChI=1S/C13H20FN3O2/c1-9(3-2-6-18)16-8-10-4-5-11(14)7-12(10)13(15)17-19/h4-5,7,9,16,18-19H,2-3,6,8H2,1H3,(H2,15,17). The van der Waals surface area contributed by atoms with Crippen LogP contribution >= 0.6 is 0 Å². The molecule has 5 N–H and O–H groups in total. The van der Waals surface area contributed by atoms with E-state index in [4.69, 9.17) is 16.0 Å². The van der Waals surface area contributed by atoms with Gasteiger partial charge in [-0.2, -0.15) is 0 Å². The van der Waals surface area contributed by atoms with Gasteiger partial charge in [0.1, 0.15) is 5.82 Å². The highest BCUT2D eigenvalue weighted by Gasteiger charge is 2.10. The van der Waals surface area contributed by atoms with Crippen molar-refractivity contribution in [2.45, 2.75) is 32.4 Å². The van der Waals surface area contributed by atoms with Gasteiger partial charge in [-0.1, -0.05) is 11.2 Å². The number of rotatable bonds is 7. The maximum Gasteiger partial charge on any atom is 0.170 e. The molecule has 0 aliphatic heterocycles. The first-order valence-corrected chi connectivity index (χ1v) is 6.19. The summed E-state index contributed by atoms with van der Waals surface area (Å²) in [6, 6.07) is 4.40. The maximum atomic E-state index is 13.2. The minimum atomic E-state index is -0.432. The number of oxime groups is 1. The first-order valence-electron chi connectivity index (χ1n) is 6.19. The van der Waals surface area contributed by atoms with E-state index >= 15 is 0 Å². The highest BCUT2D eigenvalue weighted by Crippen LogP contribution is 2.12. The van der Waals surface area contributed by atoms with E-state index in [1.54, 1.807) is 6.07 Å². The van der Waals surface area contributed by atoms with Gasteiger partial charge in [0.05, 0.1) is 0 Å². The summed E-state index contributed by atoms with van der Waals surface area (Å²) < 4.78 is 13.2. The van der Waals surface area contributed by atoms with Gasteiger partial charge in [-0.3, -0.25) is 0 Å². The van der Waals surface area contributed by atoms with E-state index in [0.29, 0.717) is 12.1 Å². The predicted molar refractivity (Wildman–Crippen MR) is 71.5 cm³/mol. The average molecular weight is 269 g/mol. The molecule has 1 atom stereocenters. The lowest BCUT2D eigenvalue weighted by atomic mass is 10.1. The third-order valence-corrected chi connectivity index (χ3v) is 2.89. The van der Waals surface area contributed by atoms with Crippen LogP contribution in [0, 0.1) is 5.82 Å². The molecule has 1 unspecified atom stereocenters. The van der Waals surface area contributed by atoms with Gasteiger partial charge in [-0.05, 0) is 37.5 Å². The van der Waals surface area contributed by atoms with Crippen molar-refractivity contribution < 1.29 is 14.7 Å². The molecule has 1 rings (SSSR count). The van der Waals surface area contributed by atoms with Crippen molar-refractivity contribution in [3.05, 3.63) is 35.1 Å². The van der Waals surface area contributed by atoms with E-state index in [1.165, 1.54) is 12.1 Å². The predicted octanol–water partition coefficient (Wildman–Crippen LogP) is 1.17. The van der Waals surface area contributed by atoms with E-state index in [0.717, 1.165) is 18.4 Å². The SMILES string of the molecule is CC(CCCO)NCc1ccc(F)cc1C(N)=NO. The van der Waals surface area contributed by atoms with Crippen LogP contribution in [0.2, 0.25) is 0 Å². The van der Waals surface area contributed by atoms with Gasteiger partial charge >= 0.3 is 0 Å². The topological polar surface area (TPSA) is 90.9 Å². The Morgan fingerprint density at radius 3 is 2.89 bits per heavy atom. The van der Waals surface area contributed by atoms with Crippen molar-refractivity contribution in [3.8, 4) is 0 Å². The molecule has 0 radical (unpaired) electrons. The van der Waals surface area contributed by atoms with Gasteiger partial charge in [0.2, 0.25) is 0 Å². The molecular formula is C13H20FN3O2. The average Bonchev–Trinajstić information content (AvgIpc) is 2.42. The monoisotopic (exact) mass is 269 g/mol. The summed E-state index contributed by atoms with van der Waals surface area (Å²) in [5, 5.41) is 23.6. The number of halogens is 1. The normalized spacial score (nSPS) is 13.5. The zero-order chi connectivity index (χ0) is 14.3. The van der Waals surface area contributed by atoms with E-state index in [-0.39, 0.29) is 18.5 Å². The highest BCUT2D eigenvalue weighted by molar-refractivity contribution is 5.98. The molecule has 0 heterocycles. The van der Waals surface area contributed by atoms with Gasteiger partial charge in [-0.25, -0.2) is 4.39 Å². The lowest BCUT2D eigenvalue weighted by Crippen LogP contribution is -2.27. The quantitative estimate of drug-likeness (QED) is 0.259. The first kappa shape index (κ1) is 15.4. The molecule has 1 aromatic rings. The van der Waals surface area contributed by atoms with Gasteiger partial charge in [0.25, 0.3) is 0 Å². The van der Waals surface area contributed by atoms with Gasteiger partial charge in [0.15, 0.2) is 5.84 Å². The Balaban J connectivity index is 2.72. The lowest BCUT2D eigenvalue weighted by molar-refractivity contribution is 0.276. The summed E-state index contributed by atoms with van der Waals surface area (Å²) >= 11 is 0. The summed E-state index contributed by atoms with van der Waals surface area (Å²) in [6.45, 7) is 2.65. The van der Waals surface area contributed by atoms with Crippen LogP contribution in [0.15, 0.2) is 23.4 Å². The van der Waals surface area contributed by atoms with Crippen LogP contribution in [0.1, 0.15) is 30.9 Å². The Morgan fingerprint density at radius 1 is 1.53 bits per heavy atom. The molecule has 0 bridgehead atoms. The minimum absolute atomic E-state index is 0.112. The van der Waals surface area contributed by atoms with Crippen LogP contribution in [0.4, 0.5) is 4.39 Å². The molecule has 1 aromatic carbocycles. The summed E-state index contributed by atoms with van der Waals surface area (Å²) in [5.41, 5.74) is 6.66. The molecular weight excluding hydrogens is 249 g/mol. The fourth-order valence-corrected chi connectivity index (χ4v) is 1.78. The van der Waals surface area contributed by atoms with E-state index in [9.17, 15) is 4.39 Å². The Morgan fingerprint density at radius 2 is 2.26 bits per heavy atom. The summed E-state index contributed by atoms with van der Waals surface area (Å²) in [5.74, 6) is -0.544. The molecule has 0 spiro atoms. The largest absolute Gasteiger partial charge is 0.409 e. The summed E-state index contributed by atoms with van der Waals surface area (Å²) in [6.07, 6.45) is 1.57. The minimum Gasteiger partial charge on any atom is -0.409 e. The number of aliphatic hydroxyl groups is 1. The molecule has 0 fully saturated rings. The molecule has 0 amide bonds. The molecule has 0 saturated heterocycles. The fourth-order valence-electron chi connectivity index (χ4n) is 1.78. The number of nitrogens with two attached hydrogens (primary N) is 1. The van der Waals surface area contributed by atoms with Crippen molar-refractivity contribution >= 4 is 5.84 Å². The number of nitrogens with one attached hydrogen (secondary N) is 1. The van der Waals surface area contributed by atoms with Gasteiger partial charge < -0.3 is 21.4 Å². The Kier molecular flexibility index (Phi) is 6.24. The molecule has 0 saturated carbocycles. The van der Waals surface area contributed by atoms with Crippen LogP contribution < -0.4 is 11.1 Å². The van der Waals surface area contributed by atoms with Crippen molar-refractivity contribution in [1.82, 2.24) is 5.32 Å². The lowest BCUT2D eigenvalue weighted by Gasteiger charge is -2.15. The van der Waals surface area contributed by atoms with Gasteiger partial charge in [0, 0.05) is 24.8 Å². The number of hydrogen-bond acceptors (Lipinski definition) is 4. The third kappa shape index (κ3) is 4.84. The van der Waals surface area contributed by atoms with Crippen LogP contribution in [0.25, 0.3) is 0 Å². The second-order valence-electron chi connectivity index (χ2n) is 4.43. The maximum absolute atomic E-state index is 13.2. The smallest absolute Gasteiger partial charge is 0.170 e. The Hall–Kier alpha value is -1.66. The number of hydrogen-bond donors (Lipinski definition) is 4. The van der Waals surface area contributed by atoms with Gasteiger partial charge in [-0.15, -0.1) is 0 Å². The van der Waals surface area contributed by atoms with Crippen molar-refractivity contribution in [2.75, 3.05) is 6.61 Å². The van der Waals surface area contributed by atoms with Crippen molar-refractivity contribution in [1.29, 1.82) is 0 Å². The van der Waals surface area contributed by atoms with Crippen molar-refractivity contribution in [2.24, 2.45) is 10.9 Å². The first-order chi connectivity index (χ1) is 9.08. The second kappa shape index (κ2) is 7.70. The molecule has 106 valence electrons. The molecule has 0 aliphatic rings. The third-order valence-electron chi connectivity index (χ3n) is 2.89. The Labute approximate surface area is 111 Å². The van der Waals surface area contributed by atoms with E-state index in [2.05, 4.69) is 10.5 Å². The summed E-state index contributed by atoms with van der Waals surface area (Å²) in [4.78, 5) is 0. The number of amidine groups is 1. The number of nitrogens with zero attached hydrogens (tertiary/aromatic N) is 1. The fraction of sp³-hybridized carbons (Fsp3) is 0.462. The molecule has 19 heavy (non-hydrogen) atoms. The number of benzene rings is 1. The molecule has 6 heteroatoms. The molecule has 0 aliphatic carbocycles. The van der Waals surface area contributed by atoms with Crippen LogP contribution in [0.5, 0.6) is 0 Å². The number of aliphatic hydroxyl groups excluding tert-OH is 1. The molecule has 0 aromatic heterocycles. The van der Waals surface area contributed by atoms with Crippen LogP contribution in [0.3, 0.4) is 0 Å². The Bertz CT molecular complexity index is 438. The molecule has 5 nitrogen and oxygen atoms in total.